The van der Waals surface area contributed by atoms with E-state index in [2.05, 4.69) is 22.1 Å². The molecule has 4 aromatic rings. The summed E-state index contributed by atoms with van der Waals surface area (Å²) in [6.07, 6.45) is 5.31. The smallest absolute Gasteiger partial charge is 0.222 e. The number of para-hydroxylation sites is 3. The Bertz CT molecular complexity index is 1090. The number of benzene rings is 2. The fraction of sp³-hybridized carbons (Fsp3) is 0.304. The zero-order valence-electron chi connectivity index (χ0n) is 15.7. The van der Waals surface area contributed by atoms with Crippen molar-refractivity contribution in [3.8, 4) is 0 Å². The summed E-state index contributed by atoms with van der Waals surface area (Å²) >= 11 is 0. The van der Waals surface area contributed by atoms with Crippen LogP contribution in [0.15, 0.2) is 59.1 Å². The minimum atomic E-state index is 0.179. The average molecular weight is 373 g/mol. The maximum atomic E-state index is 12.8. The largest absolute Gasteiger partial charge is 0.440 e. The molecule has 1 fully saturated rings. The van der Waals surface area contributed by atoms with Crippen LogP contribution in [0.4, 0.5) is 0 Å². The van der Waals surface area contributed by atoms with Crippen molar-refractivity contribution in [2.45, 2.75) is 31.6 Å². The number of hydrogen-bond acceptors (Lipinski definition) is 3. The number of nitrogens with zero attached hydrogens (tertiary/aromatic N) is 2. The first-order chi connectivity index (χ1) is 13.8. The normalized spacial score (nSPS) is 17.4. The van der Waals surface area contributed by atoms with E-state index in [4.69, 9.17) is 4.42 Å². The van der Waals surface area contributed by atoms with Crippen molar-refractivity contribution in [2.75, 3.05) is 13.1 Å². The summed E-state index contributed by atoms with van der Waals surface area (Å²) in [5.41, 5.74) is 4.04. The summed E-state index contributed by atoms with van der Waals surface area (Å²) < 4.78 is 5.95. The van der Waals surface area contributed by atoms with Crippen LogP contribution in [0, 0.1) is 0 Å². The van der Waals surface area contributed by atoms with Gasteiger partial charge in [-0.05, 0) is 43.0 Å². The number of H-pyrrole nitrogens is 1. The Morgan fingerprint density at radius 1 is 1.18 bits per heavy atom. The van der Waals surface area contributed by atoms with Gasteiger partial charge in [-0.3, -0.25) is 4.79 Å². The van der Waals surface area contributed by atoms with E-state index in [0.29, 0.717) is 13.0 Å². The lowest BCUT2D eigenvalue weighted by Crippen LogP contribution is -2.39. The van der Waals surface area contributed by atoms with Gasteiger partial charge in [0.1, 0.15) is 5.52 Å². The minimum Gasteiger partial charge on any atom is -0.440 e. The van der Waals surface area contributed by atoms with Gasteiger partial charge in [-0.2, -0.15) is 0 Å². The summed E-state index contributed by atoms with van der Waals surface area (Å²) in [5, 5.41) is 1.21. The molecule has 1 aliphatic heterocycles. The second-order valence-corrected chi connectivity index (χ2v) is 7.56. The molecule has 5 rings (SSSR count). The molecule has 1 atom stereocenters. The zero-order chi connectivity index (χ0) is 18.9. The highest BCUT2D eigenvalue weighted by Crippen LogP contribution is 2.29. The molecular formula is C23H23N3O2. The molecule has 3 heterocycles. The average Bonchev–Trinajstić information content (AvgIpc) is 3.36. The molecule has 1 amide bonds. The lowest BCUT2D eigenvalue weighted by molar-refractivity contribution is -0.132. The molecule has 0 radical (unpaired) electrons. The fourth-order valence-corrected chi connectivity index (χ4v) is 4.21. The van der Waals surface area contributed by atoms with Gasteiger partial charge in [0.15, 0.2) is 11.5 Å². The van der Waals surface area contributed by atoms with E-state index in [9.17, 15) is 4.79 Å². The van der Waals surface area contributed by atoms with Crippen molar-refractivity contribution in [2.24, 2.45) is 0 Å². The summed E-state index contributed by atoms with van der Waals surface area (Å²) in [4.78, 5) is 22.8. The number of likely N-dealkylation sites (tertiary alicyclic amines) is 1. The van der Waals surface area contributed by atoms with Gasteiger partial charge >= 0.3 is 0 Å². The minimum absolute atomic E-state index is 0.179. The van der Waals surface area contributed by atoms with Gasteiger partial charge in [0.2, 0.25) is 5.91 Å². The number of aromatic nitrogens is 2. The van der Waals surface area contributed by atoms with Gasteiger partial charge in [-0.15, -0.1) is 0 Å². The monoisotopic (exact) mass is 373 g/mol. The number of hydrogen-bond donors (Lipinski definition) is 1. The van der Waals surface area contributed by atoms with Gasteiger partial charge in [0.25, 0.3) is 0 Å². The molecule has 142 valence electrons. The van der Waals surface area contributed by atoms with E-state index in [1.807, 2.05) is 47.5 Å². The van der Waals surface area contributed by atoms with Gasteiger partial charge in [0.05, 0.1) is 5.92 Å². The van der Waals surface area contributed by atoms with Crippen molar-refractivity contribution < 1.29 is 9.21 Å². The van der Waals surface area contributed by atoms with Crippen LogP contribution in [0.3, 0.4) is 0 Å². The third-order valence-electron chi connectivity index (χ3n) is 5.72. The first-order valence-electron chi connectivity index (χ1n) is 9.96. The predicted molar refractivity (Wildman–Crippen MR) is 109 cm³/mol. The van der Waals surface area contributed by atoms with Crippen molar-refractivity contribution in [1.82, 2.24) is 14.9 Å². The molecule has 5 nitrogen and oxygen atoms in total. The number of rotatable bonds is 4. The molecular weight excluding hydrogens is 350 g/mol. The predicted octanol–water partition coefficient (Wildman–Crippen LogP) is 4.65. The topological polar surface area (TPSA) is 62.1 Å². The number of piperidine rings is 1. The van der Waals surface area contributed by atoms with E-state index in [0.717, 1.165) is 48.3 Å². The van der Waals surface area contributed by atoms with Gasteiger partial charge < -0.3 is 14.3 Å². The summed E-state index contributed by atoms with van der Waals surface area (Å²) in [7, 11) is 0. The van der Waals surface area contributed by atoms with Crippen LogP contribution >= 0.6 is 0 Å². The number of fused-ring (bicyclic) bond motifs is 2. The van der Waals surface area contributed by atoms with Gasteiger partial charge in [-0.25, -0.2) is 4.98 Å². The van der Waals surface area contributed by atoms with Crippen molar-refractivity contribution in [3.05, 3.63) is 66.2 Å². The van der Waals surface area contributed by atoms with Crippen LogP contribution in [0.5, 0.6) is 0 Å². The molecule has 28 heavy (non-hydrogen) atoms. The Kier molecular flexibility index (Phi) is 4.35. The molecule has 0 spiro atoms. The van der Waals surface area contributed by atoms with Gasteiger partial charge in [0, 0.05) is 36.6 Å². The van der Waals surface area contributed by atoms with E-state index in [-0.39, 0.29) is 11.8 Å². The Hall–Kier alpha value is -3.08. The number of oxazole rings is 1. The zero-order valence-corrected chi connectivity index (χ0v) is 15.7. The highest BCUT2D eigenvalue weighted by Gasteiger charge is 2.28. The van der Waals surface area contributed by atoms with Gasteiger partial charge in [-0.1, -0.05) is 30.3 Å². The highest BCUT2D eigenvalue weighted by atomic mass is 16.3. The maximum Gasteiger partial charge on any atom is 0.222 e. The maximum absolute atomic E-state index is 12.8. The summed E-state index contributed by atoms with van der Waals surface area (Å²) in [5.74, 6) is 1.15. The lowest BCUT2D eigenvalue weighted by Gasteiger charge is -2.31. The second kappa shape index (κ2) is 7.15. The van der Waals surface area contributed by atoms with Crippen molar-refractivity contribution >= 4 is 27.9 Å². The second-order valence-electron chi connectivity index (χ2n) is 7.56. The van der Waals surface area contributed by atoms with Crippen molar-refractivity contribution in [3.63, 3.8) is 0 Å². The Labute approximate surface area is 163 Å². The first kappa shape index (κ1) is 17.0. The van der Waals surface area contributed by atoms with E-state index < -0.39 is 0 Å². The third-order valence-corrected chi connectivity index (χ3v) is 5.72. The van der Waals surface area contributed by atoms with E-state index in [1.165, 1.54) is 10.9 Å². The Balaban J connectivity index is 1.26. The van der Waals surface area contributed by atoms with E-state index >= 15 is 0 Å². The quantitative estimate of drug-likeness (QED) is 0.566. The molecule has 1 N–H and O–H groups in total. The SMILES string of the molecule is O=C(CCc1c[nH]c2ccccc12)N1CCC[C@@H](c2nc3ccccc3o2)C1. The van der Waals surface area contributed by atoms with Crippen molar-refractivity contribution in [1.29, 1.82) is 0 Å². The number of amides is 1. The number of aryl methyl sites for hydroxylation is 1. The molecule has 0 aliphatic carbocycles. The van der Waals surface area contributed by atoms with Crippen LogP contribution in [0.25, 0.3) is 22.0 Å². The summed E-state index contributed by atoms with van der Waals surface area (Å²) in [6, 6.07) is 16.1. The molecule has 5 heteroatoms. The van der Waals surface area contributed by atoms with Crippen LogP contribution in [0.2, 0.25) is 0 Å². The van der Waals surface area contributed by atoms with Crippen LogP contribution in [0.1, 0.15) is 36.6 Å². The number of nitrogens with one attached hydrogen (secondary N) is 1. The van der Waals surface area contributed by atoms with Crippen LogP contribution < -0.4 is 0 Å². The number of aromatic amines is 1. The molecule has 0 unspecified atom stereocenters. The Morgan fingerprint density at radius 3 is 2.96 bits per heavy atom. The van der Waals surface area contributed by atoms with Crippen LogP contribution in [-0.4, -0.2) is 33.9 Å². The highest BCUT2D eigenvalue weighted by molar-refractivity contribution is 5.84. The van der Waals surface area contributed by atoms with Crippen LogP contribution in [-0.2, 0) is 11.2 Å². The van der Waals surface area contributed by atoms with E-state index in [1.54, 1.807) is 0 Å². The summed E-state index contributed by atoms with van der Waals surface area (Å²) in [6.45, 7) is 1.52. The number of carbonyl (C=O) groups is 1. The fourth-order valence-electron chi connectivity index (χ4n) is 4.21. The molecule has 0 saturated carbocycles. The number of carbonyl (C=O) groups excluding carboxylic acids is 1. The third kappa shape index (κ3) is 3.17. The Morgan fingerprint density at radius 2 is 2.04 bits per heavy atom. The standard InChI is InChI=1S/C23H23N3O2/c27-22(12-11-16-14-24-19-8-2-1-7-18(16)19)26-13-5-6-17(15-26)23-25-20-9-3-4-10-21(20)28-23/h1-4,7-10,14,17,24H,5-6,11-13,15H2/t17-/m1/s1. The molecule has 2 aromatic carbocycles. The molecule has 2 aromatic heterocycles. The molecule has 0 bridgehead atoms. The molecule has 1 aliphatic rings. The molecule has 1 saturated heterocycles. The first-order valence-corrected chi connectivity index (χ1v) is 9.96. The lowest BCUT2D eigenvalue weighted by atomic mass is 9.97.